The number of rotatable bonds is 7. The molecule has 2 aromatic heterocycles. The molecule has 2 N–H and O–H groups in total. The van der Waals surface area contributed by atoms with E-state index in [1.165, 1.54) is 11.8 Å². The minimum absolute atomic E-state index is 0.0102. The van der Waals surface area contributed by atoms with E-state index in [9.17, 15) is 9.59 Å². The van der Waals surface area contributed by atoms with Crippen molar-refractivity contribution >= 4 is 23.6 Å². The average Bonchev–Trinajstić information content (AvgIpc) is 3.23. The van der Waals surface area contributed by atoms with Crippen LogP contribution in [0.1, 0.15) is 12.0 Å². The number of aromatic nitrogens is 4. The summed E-state index contributed by atoms with van der Waals surface area (Å²) >= 11 is 1.51. The van der Waals surface area contributed by atoms with E-state index in [0.29, 0.717) is 25.4 Å². The quantitative estimate of drug-likeness (QED) is 0.557. The van der Waals surface area contributed by atoms with Crippen molar-refractivity contribution in [1.29, 1.82) is 0 Å². The molecule has 1 atom stereocenters. The van der Waals surface area contributed by atoms with Gasteiger partial charge in [-0.05, 0) is 11.6 Å². The van der Waals surface area contributed by atoms with E-state index in [0.717, 1.165) is 10.6 Å². The number of thioether (sulfide) groups is 1. The highest BCUT2D eigenvalue weighted by molar-refractivity contribution is 7.99. The molecule has 1 aliphatic rings. The van der Waals surface area contributed by atoms with Gasteiger partial charge in [0.15, 0.2) is 0 Å². The standard InChI is InChI=1S/C15H18N6O2S/c22-14-6-12(10-21(14)9-11-2-1-3-16-7-11)15(23)17-4-5-24-13-8-18-20-19-13/h1-3,7-8,12H,4-6,9-10H2,(H,17,23)(H,18,19,20). The van der Waals surface area contributed by atoms with Gasteiger partial charge >= 0.3 is 0 Å². The molecule has 0 bridgehead atoms. The molecule has 3 heterocycles. The van der Waals surface area contributed by atoms with E-state index in [2.05, 4.69) is 25.7 Å². The lowest BCUT2D eigenvalue weighted by atomic mass is 10.1. The van der Waals surface area contributed by atoms with Crippen LogP contribution in [-0.2, 0) is 16.1 Å². The summed E-state index contributed by atoms with van der Waals surface area (Å²) in [6, 6.07) is 3.77. The largest absolute Gasteiger partial charge is 0.355 e. The predicted octanol–water partition coefficient (Wildman–Crippen LogP) is 0.457. The molecule has 0 spiro atoms. The molecule has 0 aliphatic carbocycles. The lowest BCUT2D eigenvalue weighted by molar-refractivity contribution is -0.129. The van der Waals surface area contributed by atoms with Crippen molar-refractivity contribution in [1.82, 2.24) is 30.6 Å². The first kappa shape index (κ1) is 16.4. The molecule has 8 nitrogen and oxygen atoms in total. The summed E-state index contributed by atoms with van der Waals surface area (Å²) in [7, 11) is 0. The predicted molar refractivity (Wildman–Crippen MR) is 87.9 cm³/mol. The summed E-state index contributed by atoms with van der Waals surface area (Å²) in [5.41, 5.74) is 0.968. The number of hydrogen-bond donors (Lipinski definition) is 2. The Bertz CT molecular complexity index is 679. The first-order valence-corrected chi connectivity index (χ1v) is 8.64. The molecule has 3 rings (SSSR count). The van der Waals surface area contributed by atoms with Crippen LogP contribution in [0.2, 0.25) is 0 Å². The van der Waals surface area contributed by atoms with Crippen LogP contribution in [0.3, 0.4) is 0 Å². The minimum atomic E-state index is -0.286. The molecular weight excluding hydrogens is 328 g/mol. The molecule has 0 aromatic carbocycles. The van der Waals surface area contributed by atoms with Gasteiger partial charge in [0.05, 0.1) is 12.1 Å². The maximum absolute atomic E-state index is 12.2. The number of aromatic amines is 1. The summed E-state index contributed by atoms with van der Waals surface area (Å²) in [6.45, 7) is 1.48. The molecule has 0 saturated carbocycles. The summed E-state index contributed by atoms with van der Waals surface area (Å²) in [5.74, 6) is 0.359. The number of amides is 2. The van der Waals surface area contributed by atoms with Crippen LogP contribution >= 0.6 is 11.8 Å². The Morgan fingerprint density at radius 1 is 1.46 bits per heavy atom. The van der Waals surface area contributed by atoms with E-state index >= 15 is 0 Å². The van der Waals surface area contributed by atoms with E-state index < -0.39 is 0 Å². The summed E-state index contributed by atoms with van der Waals surface area (Å²) in [6.07, 6.45) is 5.34. The number of carbonyl (C=O) groups excluding carboxylic acids is 2. The van der Waals surface area contributed by atoms with Crippen molar-refractivity contribution in [2.75, 3.05) is 18.8 Å². The van der Waals surface area contributed by atoms with Gasteiger partial charge in [0.2, 0.25) is 11.8 Å². The summed E-state index contributed by atoms with van der Waals surface area (Å²) < 4.78 is 0. The Kier molecular flexibility index (Phi) is 5.42. The fourth-order valence-corrected chi connectivity index (χ4v) is 3.19. The van der Waals surface area contributed by atoms with Crippen LogP contribution < -0.4 is 5.32 Å². The number of carbonyl (C=O) groups is 2. The second-order valence-electron chi connectivity index (χ2n) is 5.48. The van der Waals surface area contributed by atoms with E-state index in [1.807, 2.05) is 12.1 Å². The average molecular weight is 346 g/mol. The van der Waals surface area contributed by atoms with Crippen LogP contribution in [0.4, 0.5) is 0 Å². The molecule has 1 unspecified atom stereocenters. The van der Waals surface area contributed by atoms with Crippen LogP contribution in [0, 0.1) is 5.92 Å². The highest BCUT2D eigenvalue weighted by Crippen LogP contribution is 2.20. The third kappa shape index (κ3) is 4.31. The smallest absolute Gasteiger partial charge is 0.225 e. The molecule has 126 valence electrons. The zero-order chi connectivity index (χ0) is 16.8. The van der Waals surface area contributed by atoms with Crippen molar-refractivity contribution in [3.8, 4) is 0 Å². The van der Waals surface area contributed by atoms with Crippen molar-refractivity contribution in [3.05, 3.63) is 36.3 Å². The highest BCUT2D eigenvalue weighted by atomic mass is 32.2. The Morgan fingerprint density at radius 3 is 3.12 bits per heavy atom. The highest BCUT2D eigenvalue weighted by Gasteiger charge is 2.33. The molecule has 2 amide bonds. The first-order valence-electron chi connectivity index (χ1n) is 7.65. The summed E-state index contributed by atoms with van der Waals surface area (Å²) in [4.78, 5) is 30.0. The number of likely N-dealkylation sites (tertiary alicyclic amines) is 1. The number of H-pyrrole nitrogens is 1. The van der Waals surface area contributed by atoms with E-state index in [-0.39, 0.29) is 24.2 Å². The molecule has 1 saturated heterocycles. The van der Waals surface area contributed by atoms with Gasteiger partial charge in [0.25, 0.3) is 0 Å². The molecule has 1 aliphatic heterocycles. The van der Waals surface area contributed by atoms with Crippen molar-refractivity contribution in [2.24, 2.45) is 5.92 Å². The van der Waals surface area contributed by atoms with Gasteiger partial charge in [-0.2, -0.15) is 10.3 Å². The van der Waals surface area contributed by atoms with Gasteiger partial charge in [-0.25, -0.2) is 0 Å². The van der Waals surface area contributed by atoms with Gasteiger partial charge in [0.1, 0.15) is 5.03 Å². The fraction of sp³-hybridized carbons (Fsp3) is 0.400. The number of nitrogens with zero attached hydrogens (tertiary/aromatic N) is 4. The topological polar surface area (TPSA) is 104 Å². The zero-order valence-corrected chi connectivity index (χ0v) is 13.8. The molecule has 1 fully saturated rings. The van der Waals surface area contributed by atoms with Gasteiger partial charge in [-0.3, -0.25) is 14.6 Å². The number of hydrogen-bond acceptors (Lipinski definition) is 6. The van der Waals surface area contributed by atoms with Crippen LogP contribution in [0.5, 0.6) is 0 Å². The van der Waals surface area contributed by atoms with E-state index in [4.69, 9.17) is 0 Å². The third-order valence-electron chi connectivity index (χ3n) is 3.73. The monoisotopic (exact) mass is 346 g/mol. The number of pyridine rings is 1. The summed E-state index contributed by atoms with van der Waals surface area (Å²) in [5, 5.41) is 13.9. The molecule has 2 aromatic rings. The second kappa shape index (κ2) is 7.91. The van der Waals surface area contributed by atoms with Gasteiger partial charge in [-0.15, -0.1) is 16.9 Å². The van der Waals surface area contributed by atoms with Gasteiger partial charge < -0.3 is 10.2 Å². The van der Waals surface area contributed by atoms with E-state index in [1.54, 1.807) is 23.5 Å². The molecular formula is C15H18N6O2S. The van der Waals surface area contributed by atoms with Crippen LogP contribution in [-0.4, -0.2) is 56.0 Å². The normalized spacial score (nSPS) is 17.2. The first-order chi connectivity index (χ1) is 11.7. The lowest BCUT2D eigenvalue weighted by Crippen LogP contribution is -2.34. The number of nitrogens with one attached hydrogen (secondary N) is 2. The maximum Gasteiger partial charge on any atom is 0.225 e. The van der Waals surface area contributed by atoms with Gasteiger partial charge in [0, 0.05) is 44.2 Å². The lowest BCUT2D eigenvalue weighted by Gasteiger charge is -2.16. The van der Waals surface area contributed by atoms with Crippen molar-refractivity contribution in [3.63, 3.8) is 0 Å². The minimum Gasteiger partial charge on any atom is -0.355 e. The van der Waals surface area contributed by atoms with Crippen molar-refractivity contribution < 1.29 is 9.59 Å². The third-order valence-corrected chi connectivity index (χ3v) is 4.63. The fourth-order valence-electron chi connectivity index (χ4n) is 2.55. The van der Waals surface area contributed by atoms with Gasteiger partial charge in [-0.1, -0.05) is 6.07 Å². The Morgan fingerprint density at radius 2 is 2.38 bits per heavy atom. The molecule has 0 radical (unpaired) electrons. The Labute approximate surface area is 143 Å². The SMILES string of the molecule is O=C(NCCSc1cn[nH]n1)C1CC(=O)N(Cc2cccnc2)C1. The molecule has 9 heteroatoms. The Balaban J connectivity index is 1.42. The second-order valence-corrected chi connectivity index (χ2v) is 6.60. The van der Waals surface area contributed by atoms with Crippen LogP contribution in [0.15, 0.2) is 35.7 Å². The molecule has 24 heavy (non-hydrogen) atoms. The Hall–Kier alpha value is -2.42. The van der Waals surface area contributed by atoms with Crippen LogP contribution in [0.25, 0.3) is 0 Å². The van der Waals surface area contributed by atoms with Crippen molar-refractivity contribution in [2.45, 2.75) is 18.0 Å². The maximum atomic E-state index is 12.2. The zero-order valence-electron chi connectivity index (χ0n) is 13.0.